The molecular formula is C30H27O2SiTi. The summed E-state index contributed by atoms with van der Waals surface area (Å²) in [6.07, 6.45) is 1.58. The van der Waals surface area contributed by atoms with E-state index in [1.165, 1.54) is 53.7 Å². The number of fused-ring (bicyclic) bond motifs is 6. The molecule has 6 rings (SSSR count). The van der Waals surface area contributed by atoms with Gasteiger partial charge < -0.3 is 0 Å². The second kappa shape index (κ2) is 7.58. The summed E-state index contributed by atoms with van der Waals surface area (Å²) in [5, 5.41) is 0. The number of hydrogen-bond acceptors (Lipinski definition) is 2. The van der Waals surface area contributed by atoms with Gasteiger partial charge in [-0.2, -0.15) is 0 Å². The van der Waals surface area contributed by atoms with Crippen molar-refractivity contribution >= 4 is 23.6 Å². The van der Waals surface area contributed by atoms with Crippen LogP contribution in [-0.4, -0.2) is 15.8 Å². The predicted molar refractivity (Wildman–Crippen MR) is 141 cm³/mol. The van der Waals surface area contributed by atoms with Crippen molar-refractivity contribution in [3.05, 3.63) is 107 Å². The molecule has 2 aliphatic carbocycles. The number of benzene rings is 4. The van der Waals surface area contributed by atoms with Crippen molar-refractivity contribution in [3.8, 4) is 22.3 Å². The molecule has 2 aliphatic rings. The van der Waals surface area contributed by atoms with E-state index in [2.05, 4.69) is 98.0 Å². The van der Waals surface area contributed by atoms with Crippen LogP contribution in [0.5, 0.6) is 0 Å². The Labute approximate surface area is 202 Å². The summed E-state index contributed by atoms with van der Waals surface area (Å²) in [6.45, 7) is 2.63. The molecule has 0 bridgehead atoms. The van der Waals surface area contributed by atoms with E-state index < -0.39 is 21.2 Å². The van der Waals surface area contributed by atoms with Gasteiger partial charge in [0, 0.05) is 0 Å². The predicted octanol–water partition coefficient (Wildman–Crippen LogP) is 4.83. The standard InChI is InChI=1S/2C13H9.C2H7Si.2CHO.Ti/c2*1-3-7-12-10(5-1)9-11-6-2-4-8-13(11)12;1-3-2;2*1-2;/h2*1-5,7-8H,9H2;3H,1-2H3;2*1H;. The minimum atomic E-state index is -4.72. The maximum absolute atomic E-state index is 13.7. The van der Waals surface area contributed by atoms with Crippen LogP contribution in [-0.2, 0) is 37.0 Å². The fourth-order valence-electron chi connectivity index (χ4n) is 6.68. The number of carbonyl (C=O) groups is 2. The van der Waals surface area contributed by atoms with Crippen LogP contribution in [0.1, 0.15) is 22.3 Å². The van der Waals surface area contributed by atoms with E-state index in [0.717, 1.165) is 20.6 Å². The molecule has 0 fully saturated rings. The fraction of sp³-hybridized carbons (Fsp3) is 0.133. The Morgan fingerprint density at radius 2 is 1.00 bits per heavy atom. The van der Waals surface area contributed by atoms with Crippen molar-refractivity contribution in [3.63, 3.8) is 0 Å². The number of hydrogen-bond donors (Lipinski definition) is 0. The SMILES string of the molecule is C[SiH](C)[Ti]([CH]=O)([CH]=O)([c]1cccc2c1Cc1ccccc1-2)[c]1cccc2c1Cc1ccccc1-2. The van der Waals surface area contributed by atoms with Crippen LogP contribution in [0, 0.1) is 0 Å². The first-order valence-corrected chi connectivity index (χ1v) is 21.0. The summed E-state index contributed by atoms with van der Waals surface area (Å²) >= 11 is -4.72. The second-order valence-corrected chi connectivity index (χ2v) is 30.1. The van der Waals surface area contributed by atoms with Gasteiger partial charge in [-0.25, -0.2) is 0 Å². The molecule has 0 amide bonds. The Kier molecular flexibility index (Phi) is 4.83. The van der Waals surface area contributed by atoms with Crippen molar-refractivity contribution < 1.29 is 24.1 Å². The van der Waals surface area contributed by atoms with Crippen molar-refractivity contribution in [2.45, 2.75) is 25.9 Å². The van der Waals surface area contributed by atoms with E-state index in [4.69, 9.17) is 0 Å². The van der Waals surface area contributed by atoms with E-state index >= 15 is 0 Å². The molecule has 4 aromatic rings. The Morgan fingerprint density at radius 3 is 1.41 bits per heavy atom. The van der Waals surface area contributed by atoms with E-state index in [1.54, 1.807) is 0 Å². The molecule has 2 nitrogen and oxygen atoms in total. The van der Waals surface area contributed by atoms with Crippen molar-refractivity contribution in [1.82, 2.24) is 0 Å². The van der Waals surface area contributed by atoms with Crippen LogP contribution < -0.4 is 7.74 Å². The van der Waals surface area contributed by atoms with Gasteiger partial charge in [-0.1, -0.05) is 0 Å². The monoisotopic (exact) mass is 495 g/mol. The molecule has 4 heteroatoms. The van der Waals surface area contributed by atoms with E-state index in [1.807, 2.05) is 0 Å². The zero-order valence-corrected chi connectivity index (χ0v) is 22.3. The molecule has 0 heterocycles. The maximum atomic E-state index is 13.7. The Bertz CT molecular complexity index is 1390. The first-order chi connectivity index (χ1) is 16.5. The Hall–Kier alpha value is -2.85. The number of carbonyl (C=O) groups excluding carboxylic acids is 2. The fourth-order valence-corrected chi connectivity index (χ4v) is 24.7. The second-order valence-electron chi connectivity index (χ2n) is 10.2. The third-order valence-electron chi connectivity index (χ3n) is 8.66. The van der Waals surface area contributed by atoms with Gasteiger partial charge in [0.05, 0.1) is 0 Å². The molecule has 0 unspecified atom stereocenters. The molecule has 0 saturated heterocycles. The zero-order chi connectivity index (χ0) is 23.5. The van der Waals surface area contributed by atoms with Crippen LogP contribution in [0.2, 0.25) is 13.1 Å². The topological polar surface area (TPSA) is 34.1 Å². The van der Waals surface area contributed by atoms with Crippen LogP contribution in [0.25, 0.3) is 22.3 Å². The molecule has 0 N–H and O–H groups in total. The average molecular weight is 495 g/mol. The third kappa shape index (κ3) is 2.55. The van der Waals surface area contributed by atoms with Crippen LogP contribution in [0.15, 0.2) is 84.9 Å². The summed E-state index contributed by atoms with van der Waals surface area (Å²) in [5.74, 6) is 0. The quantitative estimate of drug-likeness (QED) is 0.254. The van der Waals surface area contributed by atoms with Gasteiger partial charge in [-0.05, 0) is 0 Å². The van der Waals surface area contributed by atoms with Gasteiger partial charge in [0.2, 0.25) is 0 Å². The molecule has 167 valence electrons. The Morgan fingerprint density at radius 1 is 0.588 bits per heavy atom. The zero-order valence-electron chi connectivity index (χ0n) is 19.5. The minimum absolute atomic E-state index is 0.791. The van der Waals surface area contributed by atoms with E-state index in [9.17, 15) is 9.59 Å². The van der Waals surface area contributed by atoms with Crippen LogP contribution >= 0.6 is 0 Å². The molecule has 0 spiro atoms. The first kappa shape index (κ1) is 21.7. The molecule has 34 heavy (non-hydrogen) atoms. The number of rotatable bonds is 5. The van der Waals surface area contributed by atoms with Crippen LogP contribution in [0.4, 0.5) is 0 Å². The van der Waals surface area contributed by atoms with Gasteiger partial charge in [-0.3, -0.25) is 0 Å². The summed E-state index contributed by atoms with van der Waals surface area (Å²) < 4.78 is 4.53. The van der Waals surface area contributed by atoms with Crippen molar-refractivity contribution in [2.24, 2.45) is 0 Å². The normalized spacial score (nSPS) is 14.5. The van der Waals surface area contributed by atoms with Crippen molar-refractivity contribution in [2.75, 3.05) is 0 Å². The van der Waals surface area contributed by atoms with Gasteiger partial charge >= 0.3 is 203 Å². The van der Waals surface area contributed by atoms with Crippen molar-refractivity contribution in [1.29, 1.82) is 0 Å². The third-order valence-corrected chi connectivity index (χ3v) is 33.3. The molecule has 0 saturated carbocycles. The first-order valence-electron chi connectivity index (χ1n) is 12.0. The molecule has 0 aliphatic heterocycles. The average Bonchev–Trinajstić information content (AvgIpc) is 3.44. The summed E-state index contributed by atoms with van der Waals surface area (Å²) in [6, 6.07) is 29.7. The summed E-state index contributed by atoms with van der Waals surface area (Å²) in [7, 11) is 0. The summed E-state index contributed by atoms with van der Waals surface area (Å²) in [4.78, 5) is 27.3. The van der Waals surface area contributed by atoms with Gasteiger partial charge in [-0.15, -0.1) is 0 Å². The van der Waals surface area contributed by atoms with Gasteiger partial charge in [0.1, 0.15) is 0 Å². The summed E-state index contributed by atoms with van der Waals surface area (Å²) in [5.41, 5.74) is 9.83. The van der Waals surface area contributed by atoms with Gasteiger partial charge in [0.25, 0.3) is 0 Å². The van der Waals surface area contributed by atoms with E-state index in [0.29, 0.717) is 0 Å². The molecule has 0 radical (unpaired) electrons. The molecule has 4 aromatic carbocycles. The van der Waals surface area contributed by atoms with E-state index in [-0.39, 0.29) is 0 Å². The molecular weight excluding hydrogens is 468 g/mol. The molecule has 0 aromatic heterocycles. The van der Waals surface area contributed by atoms with Crippen LogP contribution in [0.3, 0.4) is 0 Å². The Balaban J connectivity index is 1.71. The van der Waals surface area contributed by atoms with Gasteiger partial charge in [0.15, 0.2) is 0 Å². The molecule has 0 atom stereocenters.